The van der Waals surface area contributed by atoms with Crippen molar-refractivity contribution in [1.29, 1.82) is 0 Å². The molecule has 1 aliphatic rings. The Morgan fingerprint density at radius 2 is 1.52 bits per heavy atom. The minimum absolute atomic E-state index is 0.0493. The van der Waals surface area contributed by atoms with Crippen molar-refractivity contribution < 1.29 is 19.1 Å². The molecule has 0 spiro atoms. The molecule has 21 heavy (non-hydrogen) atoms. The van der Waals surface area contributed by atoms with Gasteiger partial charge in [0.05, 0.1) is 14.2 Å². The molecule has 1 heterocycles. The van der Waals surface area contributed by atoms with Crippen molar-refractivity contribution in [2.45, 2.75) is 6.92 Å². The van der Waals surface area contributed by atoms with Gasteiger partial charge in [-0.25, -0.2) is 0 Å². The van der Waals surface area contributed by atoms with Crippen LogP contribution >= 0.6 is 0 Å². The van der Waals surface area contributed by atoms with Crippen molar-refractivity contribution in [3.8, 4) is 11.5 Å². The van der Waals surface area contributed by atoms with Gasteiger partial charge < -0.3 is 19.3 Å². The molecule has 1 fully saturated rings. The Morgan fingerprint density at radius 1 is 0.952 bits per heavy atom. The number of carbonyl (C=O) groups is 2. The molecule has 1 aliphatic heterocycles. The highest BCUT2D eigenvalue weighted by molar-refractivity contribution is 5.95. The van der Waals surface area contributed by atoms with Crippen LogP contribution in [0.15, 0.2) is 18.2 Å². The van der Waals surface area contributed by atoms with Crippen molar-refractivity contribution in [2.24, 2.45) is 0 Å². The minimum Gasteiger partial charge on any atom is -0.493 e. The summed E-state index contributed by atoms with van der Waals surface area (Å²) in [4.78, 5) is 27.3. The highest BCUT2D eigenvalue weighted by Crippen LogP contribution is 2.28. The molecular weight excluding hydrogens is 272 g/mol. The fourth-order valence-electron chi connectivity index (χ4n) is 2.38. The maximum atomic E-state index is 12.5. The van der Waals surface area contributed by atoms with E-state index in [9.17, 15) is 9.59 Å². The van der Waals surface area contributed by atoms with Crippen LogP contribution in [0.1, 0.15) is 17.3 Å². The second kappa shape index (κ2) is 6.47. The number of amides is 2. The molecule has 6 heteroatoms. The van der Waals surface area contributed by atoms with Gasteiger partial charge in [-0.1, -0.05) is 0 Å². The number of piperazine rings is 1. The van der Waals surface area contributed by atoms with Crippen molar-refractivity contribution in [1.82, 2.24) is 9.80 Å². The standard InChI is InChI=1S/C15H20N2O4/c1-11(18)16-6-8-17(9-7-16)15(19)12-4-5-13(20-2)14(10-12)21-3/h4-5,10H,6-9H2,1-3H3. The zero-order valence-corrected chi connectivity index (χ0v) is 12.6. The Balaban J connectivity index is 2.09. The van der Waals surface area contributed by atoms with Crippen LogP contribution in [0.2, 0.25) is 0 Å². The lowest BCUT2D eigenvalue weighted by molar-refractivity contribution is -0.130. The Bertz CT molecular complexity index is 536. The van der Waals surface area contributed by atoms with Gasteiger partial charge in [-0.05, 0) is 18.2 Å². The first-order chi connectivity index (χ1) is 10.1. The van der Waals surface area contributed by atoms with Crippen molar-refractivity contribution in [3.63, 3.8) is 0 Å². The minimum atomic E-state index is -0.0563. The predicted molar refractivity (Wildman–Crippen MR) is 77.7 cm³/mol. The lowest BCUT2D eigenvalue weighted by Gasteiger charge is -2.34. The zero-order valence-electron chi connectivity index (χ0n) is 12.6. The summed E-state index contributed by atoms with van der Waals surface area (Å²) >= 11 is 0. The third-order valence-electron chi connectivity index (χ3n) is 3.64. The molecule has 6 nitrogen and oxygen atoms in total. The Labute approximate surface area is 124 Å². The molecule has 0 N–H and O–H groups in total. The van der Waals surface area contributed by atoms with E-state index in [0.29, 0.717) is 43.2 Å². The van der Waals surface area contributed by atoms with E-state index in [1.54, 1.807) is 42.0 Å². The number of ether oxygens (including phenoxy) is 2. The van der Waals surface area contributed by atoms with Crippen LogP contribution in [0.25, 0.3) is 0 Å². The van der Waals surface area contributed by atoms with E-state index in [-0.39, 0.29) is 11.8 Å². The van der Waals surface area contributed by atoms with Gasteiger partial charge in [0, 0.05) is 38.7 Å². The largest absolute Gasteiger partial charge is 0.493 e. The average molecular weight is 292 g/mol. The maximum Gasteiger partial charge on any atom is 0.254 e. The number of hydrogen-bond donors (Lipinski definition) is 0. The summed E-state index contributed by atoms with van der Waals surface area (Å²) in [6, 6.07) is 5.12. The number of carbonyl (C=O) groups excluding carboxylic acids is 2. The van der Waals surface area contributed by atoms with Crippen LogP contribution in [0.3, 0.4) is 0 Å². The number of rotatable bonds is 3. The lowest BCUT2D eigenvalue weighted by atomic mass is 10.1. The SMILES string of the molecule is COc1ccc(C(=O)N2CCN(C(C)=O)CC2)cc1OC. The van der Waals surface area contributed by atoms with E-state index < -0.39 is 0 Å². The maximum absolute atomic E-state index is 12.5. The molecule has 1 saturated heterocycles. The van der Waals surface area contributed by atoms with Gasteiger partial charge in [0.25, 0.3) is 5.91 Å². The number of nitrogens with zero attached hydrogens (tertiary/aromatic N) is 2. The highest BCUT2D eigenvalue weighted by Gasteiger charge is 2.23. The van der Waals surface area contributed by atoms with E-state index in [4.69, 9.17) is 9.47 Å². The lowest BCUT2D eigenvalue weighted by Crippen LogP contribution is -2.50. The molecule has 2 rings (SSSR count). The monoisotopic (exact) mass is 292 g/mol. The molecule has 0 aliphatic carbocycles. The first kappa shape index (κ1) is 15.2. The quantitative estimate of drug-likeness (QED) is 0.834. The molecule has 0 atom stereocenters. The Hall–Kier alpha value is -2.24. The Morgan fingerprint density at radius 3 is 2.05 bits per heavy atom. The number of hydrogen-bond acceptors (Lipinski definition) is 4. The molecule has 1 aromatic carbocycles. The first-order valence-electron chi connectivity index (χ1n) is 6.83. The summed E-state index contributed by atoms with van der Waals surface area (Å²) in [6.07, 6.45) is 0. The van der Waals surface area contributed by atoms with Crippen LogP contribution in [-0.4, -0.2) is 62.0 Å². The summed E-state index contributed by atoms with van der Waals surface area (Å²) in [6.45, 7) is 3.80. The molecule has 0 saturated carbocycles. The molecule has 0 radical (unpaired) electrons. The van der Waals surface area contributed by atoms with Crippen molar-refractivity contribution in [3.05, 3.63) is 23.8 Å². The molecular formula is C15H20N2O4. The molecule has 114 valence electrons. The van der Waals surface area contributed by atoms with Gasteiger partial charge >= 0.3 is 0 Å². The van der Waals surface area contributed by atoms with Crippen LogP contribution in [0.4, 0.5) is 0 Å². The zero-order chi connectivity index (χ0) is 15.4. The Kier molecular flexibility index (Phi) is 4.67. The van der Waals surface area contributed by atoms with E-state index in [2.05, 4.69) is 0 Å². The third kappa shape index (κ3) is 3.26. The highest BCUT2D eigenvalue weighted by atomic mass is 16.5. The van der Waals surface area contributed by atoms with E-state index >= 15 is 0 Å². The first-order valence-corrected chi connectivity index (χ1v) is 6.83. The van der Waals surface area contributed by atoms with Gasteiger partial charge in [-0.3, -0.25) is 9.59 Å². The fourth-order valence-corrected chi connectivity index (χ4v) is 2.38. The summed E-state index contributed by atoms with van der Waals surface area (Å²) in [5, 5.41) is 0. The summed E-state index contributed by atoms with van der Waals surface area (Å²) in [5.74, 6) is 1.12. The molecule has 0 unspecified atom stereocenters. The van der Waals surface area contributed by atoms with Gasteiger partial charge in [0.2, 0.25) is 5.91 Å². The van der Waals surface area contributed by atoms with Crippen LogP contribution in [0, 0.1) is 0 Å². The molecule has 1 aromatic rings. The van der Waals surface area contributed by atoms with Gasteiger partial charge in [-0.15, -0.1) is 0 Å². The van der Waals surface area contributed by atoms with Crippen LogP contribution < -0.4 is 9.47 Å². The fraction of sp³-hybridized carbons (Fsp3) is 0.467. The summed E-state index contributed by atoms with van der Waals surface area (Å²) < 4.78 is 10.4. The summed E-state index contributed by atoms with van der Waals surface area (Å²) in [7, 11) is 3.10. The molecule has 0 aromatic heterocycles. The second-order valence-corrected chi connectivity index (χ2v) is 4.87. The molecule has 2 amide bonds. The third-order valence-corrected chi connectivity index (χ3v) is 3.64. The van der Waals surface area contributed by atoms with E-state index in [1.807, 2.05) is 0 Å². The normalized spacial score (nSPS) is 14.8. The van der Waals surface area contributed by atoms with Gasteiger partial charge in [0.15, 0.2) is 11.5 Å². The topological polar surface area (TPSA) is 59.1 Å². The van der Waals surface area contributed by atoms with Crippen LogP contribution in [-0.2, 0) is 4.79 Å². The van der Waals surface area contributed by atoms with Gasteiger partial charge in [0.1, 0.15) is 0 Å². The predicted octanol–water partition coefficient (Wildman–Crippen LogP) is 1.01. The second-order valence-electron chi connectivity index (χ2n) is 4.87. The van der Waals surface area contributed by atoms with Crippen LogP contribution in [0.5, 0.6) is 11.5 Å². The average Bonchev–Trinajstić information content (AvgIpc) is 2.53. The van der Waals surface area contributed by atoms with Crippen molar-refractivity contribution in [2.75, 3.05) is 40.4 Å². The van der Waals surface area contributed by atoms with E-state index in [0.717, 1.165) is 0 Å². The number of benzene rings is 1. The molecule has 0 bridgehead atoms. The van der Waals surface area contributed by atoms with Crippen molar-refractivity contribution >= 4 is 11.8 Å². The number of methoxy groups -OCH3 is 2. The summed E-state index contributed by atoms with van der Waals surface area (Å²) in [5.41, 5.74) is 0.559. The van der Waals surface area contributed by atoms with Gasteiger partial charge in [-0.2, -0.15) is 0 Å². The van der Waals surface area contributed by atoms with E-state index in [1.165, 1.54) is 7.11 Å². The smallest absolute Gasteiger partial charge is 0.254 e.